The van der Waals surface area contributed by atoms with Crippen LogP contribution < -0.4 is 10.8 Å². The first-order valence-electron chi connectivity index (χ1n) is 6.18. The van der Waals surface area contributed by atoms with E-state index in [9.17, 15) is 4.79 Å². The SMILES string of the molecule is CCCN1Cc2c(ccnc2P(P)PP)CNC1=O. The van der Waals surface area contributed by atoms with E-state index in [0.717, 1.165) is 20.9 Å². The van der Waals surface area contributed by atoms with Crippen LogP contribution in [-0.4, -0.2) is 22.5 Å². The third-order valence-corrected chi connectivity index (χ3v) is 12.9. The van der Waals surface area contributed by atoms with E-state index in [1.165, 1.54) is 16.6 Å². The highest BCUT2D eigenvalue weighted by atomic mass is 32.6. The quantitative estimate of drug-likeness (QED) is 0.862. The first-order valence-corrected chi connectivity index (χ1v) is 12.8. The number of amides is 2. The van der Waals surface area contributed by atoms with Gasteiger partial charge in [0.1, 0.15) is 0 Å². The maximum atomic E-state index is 12.0. The molecule has 8 heteroatoms. The van der Waals surface area contributed by atoms with Crippen LogP contribution in [0.3, 0.4) is 0 Å². The van der Waals surface area contributed by atoms with Gasteiger partial charge in [0.25, 0.3) is 0 Å². The number of urea groups is 1. The van der Waals surface area contributed by atoms with Crippen molar-refractivity contribution < 1.29 is 4.79 Å². The number of pyridine rings is 1. The summed E-state index contributed by atoms with van der Waals surface area (Å²) in [6.45, 7) is 4.17. The Labute approximate surface area is 121 Å². The van der Waals surface area contributed by atoms with Crippen LogP contribution in [0.15, 0.2) is 12.3 Å². The minimum Gasteiger partial charge on any atom is -0.334 e. The number of carbonyl (C=O) groups is 1. The summed E-state index contributed by atoms with van der Waals surface area (Å²) in [5, 5.41) is 2.98. The molecule has 0 saturated heterocycles. The molecule has 4 unspecified atom stereocenters. The van der Waals surface area contributed by atoms with E-state index in [1.807, 2.05) is 17.2 Å². The van der Waals surface area contributed by atoms with Gasteiger partial charge in [-0.1, -0.05) is 14.9 Å². The van der Waals surface area contributed by atoms with E-state index in [2.05, 4.69) is 35.1 Å². The normalized spacial score (nSPS) is 17.2. The van der Waals surface area contributed by atoms with E-state index in [4.69, 9.17) is 0 Å². The second-order valence-electron chi connectivity index (χ2n) is 4.35. The highest BCUT2D eigenvalue weighted by Crippen LogP contribution is 2.64. The average molecular weight is 333 g/mol. The molecule has 0 aromatic carbocycles. The predicted molar refractivity (Wildman–Crippen MR) is 91.5 cm³/mol. The zero-order chi connectivity index (χ0) is 13.8. The van der Waals surface area contributed by atoms with Crippen molar-refractivity contribution >= 4 is 44.6 Å². The fourth-order valence-electron chi connectivity index (χ4n) is 2.12. The lowest BCUT2D eigenvalue weighted by Crippen LogP contribution is -2.37. The molecule has 4 atom stereocenters. The number of hydrogen-bond acceptors (Lipinski definition) is 2. The van der Waals surface area contributed by atoms with Crippen LogP contribution >= 0.6 is 33.1 Å². The van der Waals surface area contributed by atoms with Crippen molar-refractivity contribution in [1.29, 1.82) is 0 Å². The lowest BCUT2D eigenvalue weighted by molar-refractivity contribution is 0.197. The first kappa shape index (κ1) is 15.5. The number of fused-ring (bicyclic) bond motifs is 1. The third kappa shape index (κ3) is 3.62. The predicted octanol–water partition coefficient (Wildman–Crippen LogP) is 2.80. The van der Waals surface area contributed by atoms with Crippen molar-refractivity contribution in [1.82, 2.24) is 15.2 Å². The Hall–Kier alpha value is 0.140. The summed E-state index contributed by atoms with van der Waals surface area (Å²) in [7, 11) is 6.18. The molecule has 104 valence electrons. The monoisotopic (exact) mass is 333 g/mol. The topological polar surface area (TPSA) is 45.2 Å². The molecule has 1 aromatic heterocycles. The Balaban J connectivity index is 2.37. The van der Waals surface area contributed by atoms with E-state index in [-0.39, 0.29) is 13.3 Å². The van der Waals surface area contributed by atoms with Crippen molar-refractivity contribution in [3.63, 3.8) is 0 Å². The fourth-order valence-corrected chi connectivity index (χ4v) is 5.65. The van der Waals surface area contributed by atoms with Crippen LogP contribution in [0.5, 0.6) is 0 Å². The summed E-state index contributed by atoms with van der Waals surface area (Å²) in [5.41, 5.74) is 3.61. The van der Waals surface area contributed by atoms with Crippen LogP contribution in [-0.2, 0) is 13.1 Å². The van der Waals surface area contributed by atoms with Crippen molar-refractivity contribution in [3.05, 3.63) is 23.4 Å². The summed E-state index contributed by atoms with van der Waals surface area (Å²) in [5.74, 6) is 0. The number of nitrogens with zero attached hydrogens (tertiary/aromatic N) is 2. The highest BCUT2D eigenvalue weighted by Gasteiger charge is 2.23. The Morgan fingerprint density at radius 1 is 1.63 bits per heavy atom. The molecular formula is C11H19N3OP4. The minimum atomic E-state index is -0.312. The van der Waals surface area contributed by atoms with Gasteiger partial charge < -0.3 is 10.2 Å². The maximum absolute atomic E-state index is 12.0. The molecule has 4 nitrogen and oxygen atoms in total. The number of rotatable bonds is 4. The van der Waals surface area contributed by atoms with Crippen molar-refractivity contribution in [2.75, 3.05) is 6.54 Å². The van der Waals surface area contributed by atoms with Gasteiger partial charge in [0, 0.05) is 31.4 Å². The molecule has 1 aliphatic heterocycles. The summed E-state index contributed by atoms with van der Waals surface area (Å²) in [4.78, 5) is 18.5. The zero-order valence-electron chi connectivity index (χ0n) is 10.9. The second kappa shape index (κ2) is 7.24. The standard InChI is InChI=1S/C11H19N3OP4/c1-2-5-14-7-9-8(6-13-11(14)15)3-4-12-10(9)19(17)18-16/h3-4,18H,2,5-7,16-17H2,1H3,(H,13,15). The number of carbonyl (C=O) groups excluding carboxylic acids is 1. The first-order chi connectivity index (χ1) is 9.17. The number of nitrogens with one attached hydrogen (secondary N) is 1. The van der Waals surface area contributed by atoms with E-state index in [0.29, 0.717) is 13.1 Å². The summed E-state index contributed by atoms with van der Waals surface area (Å²) >= 11 is 0. The Kier molecular flexibility index (Phi) is 5.91. The van der Waals surface area contributed by atoms with E-state index >= 15 is 0 Å². The molecule has 0 radical (unpaired) electrons. The van der Waals surface area contributed by atoms with Gasteiger partial charge in [0.15, 0.2) is 0 Å². The molecule has 1 N–H and O–H groups in total. The number of aromatic nitrogens is 1. The molecule has 2 amide bonds. The van der Waals surface area contributed by atoms with Gasteiger partial charge in [-0.2, -0.15) is 0 Å². The molecule has 0 saturated carbocycles. The van der Waals surface area contributed by atoms with Crippen LogP contribution in [0.2, 0.25) is 0 Å². The third-order valence-electron chi connectivity index (χ3n) is 3.06. The Morgan fingerprint density at radius 2 is 2.42 bits per heavy atom. The molecule has 0 aliphatic carbocycles. The van der Waals surface area contributed by atoms with Crippen molar-refractivity contribution in [3.8, 4) is 0 Å². The smallest absolute Gasteiger partial charge is 0.317 e. The maximum Gasteiger partial charge on any atom is 0.317 e. The van der Waals surface area contributed by atoms with E-state index < -0.39 is 0 Å². The highest BCUT2D eigenvalue weighted by molar-refractivity contribution is 8.63. The molecule has 1 aromatic rings. The van der Waals surface area contributed by atoms with Crippen LogP contribution in [0, 0.1) is 0 Å². The molecule has 19 heavy (non-hydrogen) atoms. The van der Waals surface area contributed by atoms with Gasteiger partial charge >= 0.3 is 6.03 Å². The van der Waals surface area contributed by atoms with Crippen molar-refractivity contribution in [2.45, 2.75) is 26.4 Å². The summed E-state index contributed by atoms with van der Waals surface area (Å²) in [6.07, 6.45) is 2.83. The molecular weight excluding hydrogens is 314 g/mol. The van der Waals surface area contributed by atoms with Gasteiger partial charge in [0.2, 0.25) is 0 Å². The van der Waals surface area contributed by atoms with Gasteiger partial charge in [-0.05, 0) is 25.3 Å². The molecule has 0 fully saturated rings. The molecule has 2 heterocycles. The minimum absolute atomic E-state index is 0.0328. The molecule has 2 rings (SSSR count). The lowest BCUT2D eigenvalue weighted by Gasteiger charge is -2.22. The van der Waals surface area contributed by atoms with Crippen LogP contribution in [0.4, 0.5) is 4.79 Å². The summed E-state index contributed by atoms with van der Waals surface area (Å²) in [6, 6.07) is 2.05. The van der Waals surface area contributed by atoms with Crippen LogP contribution in [0.1, 0.15) is 24.5 Å². The van der Waals surface area contributed by atoms with Gasteiger partial charge in [-0.15, -0.1) is 17.9 Å². The zero-order valence-corrected chi connectivity index (χ0v) is 15.1. The van der Waals surface area contributed by atoms with E-state index in [1.54, 1.807) is 0 Å². The molecule has 0 spiro atoms. The Morgan fingerprint density at radius 3 is 3.11 bits per heavy atom. The van der Waals surface area contributed by atoms with Crippen LogP contribution in [0.25, 0.3) is 0 Å². The Bertz CT molecular complexity index is 471. The van der Waals surface area contributed by atoms with Crippen molar-refractivity contribution in [2.24, 2.45) is 0 Å². The average Bonchev–Trinajstić information content (AvgIpc) is 2.58. The van der Waals surface area contributed by atoms with Gasteiger partial charge in [0.05, 0.1) is 5.44 Å². The fraction of sp³-hybridized carbons (Fsp3) is 0.455. The largest absolute Gasteiger partial charge is 0.334 e. The summed E-state index contributed by atoms with van der Waals surface area (Å²) < 4.78 is 0. The molecule has 0 bridgehead atoms. The van der Waals surface area contributed by atoms with Gasteiger partial charge in [-0.3, -0.25) is 4.98 Å². The van der Waals surface area contributed by atoms with Gasteiger partial charge in [-0.25, -0.2) is 4.79 Å². The second-order valence-corrected chi connectivity index (χ2v) is 13.4. The lowest BCUT2D eigenvalue weighted by atomic mass is 10.1. The number of hydrogen-bond donors (Lipinski definition) is 1. The molecule has 1 aliphatic rings.